The molecule has 1 heterocycles. The van der Waals surface area contributed by atoms with Crippen molar-refractivity contribution in [1.29, 1.82) is 0 Å². The van der Waals surface area contributed by atoms with Crippen LogP contribution in [0.15, 0.2) is 0 Å². The maximum atomic E-state index is 3.63. The van der Waals surface area contributed by atoms with Crippen LogP contribution in [0.1, 0.15) is 71.6 Å². The van der Waals surface area contributed by atoms with Crippen molar-refractivity contribution in [1.82, 2.24) is 10.2 Å². The summed E-state index contributed by atoms with van der Waals surface area (Å²) in [5.41, 5.74) is 0. The van der Waals surface area contributed by atoms with E-state index in [2.05, 4.69) is 24.1 Å². The molecule has 0 bridgehead atoms. The van der Waals surface area contributed by atoms with Crippen LogP contribution in [-0.4, -0.2) is 36.6 Å². The second-order valence-corrected chi connectivity index (χ2v) is 6.68. The first-order valence-electron chi connectivity index (χ1n) is 8.80. The third-order valence-corrected chi connectivity index (χ3v) is 5.29. The Hall–Kier alpha value is -0.0800. The van der Waals surface area contributed by atoms with Crippen LogP contribution in [0.25, 0.3) is 0 Å². The third-order valence-electron chi connectivity index (χ3n) is 5.29. The van der Waals surface area contributed by atoms with E-state index in [9.17, 15) is 0 Å². The highest BCUT2D eigenvalue weighted by Gasteiger charge is 2.27. The first-order valence-corrected chi connectivity index (χ1v) is 8.80. The molecule has 0 aromatic heterocycles. The summed E-state index contributed by atoms with van der Waals surface area (Å²) in [5.74, 6) is 1.02. The molecule has 1 aliphatic carbocycles. The Labute approximate surface area is 120 Å². The summed E-state index contributed by atoms with van der Waals surface area (Å²) in [5, 5.41) is 3.63. The predicted molar refractivity (Wildman–Crippen MR) is 83.5 cm³/mol. The molecule has 0 aromatic carbocycles. The fourth-order valence-corrected chi connectivity index (χ4v) is 4.18. The average Bonchev–Trinajstić information content (AvgIpc) is 2.66. The quantitative estimate of drug-likeness (QED) is 0.814. The minimum absolute atomic E-state index is 0.807. The normalized spacial score (nSPS) is 34.1. The van der Waals surface area contributed by atoms with Gasteiger partial charge in [0, 0.05) is 12.1 Å². The Morgan fingerprint density at radius 3 is 2.42 bits per heavy atom. The van der Waals surface area contributed by atoms with Gasteiger partial charge in [-0.25, -0.2) is 0 Å². The molecule has 0 amide bonds. The van der Waals surface area contributed by atoms with Gasteiger partial charge in [-0.05, 0) is 70.5 Å². The summed E-state index contributed by atoms with van der Waals surface area (Å²) in [6.45, 7) is 8.45. The molecular formula is C17H34N2. The molecule has 2 aliphatic rings. The number of hydrogen-bond acceptors (Lipinski definition) is 2. The summed E-state index contributed by atoms with van der Waals surface area (Å²) in [4.78, 5) is 2.83. The molecule has 0 spiro atoms. The van der Waals surface area contributed by atoms with Gasteiger partial charge in [0.25, 0.3) is 0 Å². The Morgan fingerprint density at radius 2 is 1.74 bits per heavy atom. The predicted octanol–water partition coefficient (Wildman–Crippen LogP) is 3.81. The average molecular weight is 266 g/mol. The zero-order valence-corrected chi connectivity index (χ0v) is 13.2. The molecule has 1 atom stereocenters. The van der Waals surface area contributed by atoms with Crippen LogP contribution in [0.4, 0.5) is 0 Å². The smallest absolute Gasteiger partial charge is 0.00964 e. The SMILES string of the molecule is CCCC1CCCN(C2CCC(NCC)CC2)CC1. The molecule has 112 valence electrons. The van der Waals surface area contributed by atoms with Crippen molar-refractivity contribution in [2.24, 2.45) is 5.92 Å². The van der Waals surface area contributed by atoms with Crippen LogP contribution in [-0.2, 0) is 0 Å². The number of rotatable bonds is 5. The van der Waals surface area contributed by atoms with Gasteiger partial charge in [-0.3, -0.25) is 0 Å². The van der Waals surface area contributed by atoms with Crippen molar-refractivity contribution >= 4 is 0 Å². The van der Waals surface area contributed by atoms with Crippen molar-refractivity contribution in [3.63, 3.8) is 0 Å². The van der Waals surface area contributed by atoms with Gasteiger partial charge < -0.3 is 10.2 Å². The van der Waals surface area contributed by atoms with Gasteiger partial charge in [-0.1, -0.05) is 26.7 Å². The Morgan fingerprint density at radius 1 is 0.947 bits per heavy atom. The van der Waals surface area contributed by atoms with E-state index in [0.717, 1.165) is 24.5 Å². The molecule has 2 nitrogen and oxygen atoms in total. The van der Waals surface area contributed by atoms with Crippen LogP contribution in [0, 0.1) is 5.92 Å². The summed E-state index contributed by atoms with van der Waals surface area (Å²) in [6, 6.07) is 1.70. The van der Waals surface area contributed by atoms with Gasteiger partial charge in [0.1, 0.15) is 0 Å². The van der Waals surface area contributed by atoms with Crippen molar-refractivity contribution in [3.8, 4) is 0 Å². The fraction of sp³-hybridized carbons (Fsp3) is 1.00. The van der Waals surface area contributed by atoms with Crippen LogP contribution < -0.4 is 5.32 Å². The van der Waals surface area contributed by atoms with E-state index in [0.29, 0.717) is 0 Å². The molecule has 1 N–H and O–H groups in total. The first kappa shape index (κ1) is 15.3. The summed E-state index contributed by atoms with van der Waals surface area (Å²) < 4.78 is 0. The van der Waals surface area contributed by atoms with Gasteiger partial charge in [0.2, 0.25) is 0 Å². The topological polar surface area (TPSA) is 15.3 Å². The van der Waals surface area contributed by atoms with E-state index in [1.807, 2.05) is 0 Å². The molecule has 2 rings (SSSR count). The second kappa shape index (κ2) is 8.26. The number of nitrogens with zero attached hydrogens (tertiary/aromatic N) is 1. The maximum absolute atomic E-state index is 3.63. The monoisotopic (exact) mass is 266 g/mol. The molecule has 19 heavy (non-hydrogen) atoms. The molecule has 1 aliphatic heterocycles. The molecule has 1 saturated heterocycles. The summed E-state index contributed by atoms with van der Waals surface area (Å²) in [6.07, 6.45) is 12.9. The molecular weight excluding hydrogens is 232 g/mol. The zero-order chi connectivity index (χ0) is 13.5. The standard InChI is InChI=1S/C17H34N2/c1-3-6-15-7-5-13-19(14-12-15)17-10-8-16(9-11-17)18-4-2/h15-18H,3-14H2,1-2H3. The van der Waals surface area contributed by atoms with E-state index in [1.165, 1.54) is 70.9 Å². The largest absolute Gasteiger partial charge is 0.314 e. The van der Waals surface area contributed by atoms with E-state index in [4.69, 9.17) is 0 Å². The van der Waals surface area contributed by atoms with E-state index < -0.39 is 0 Å². The lowest BCUT2D eigenvalue weighted by Gasteiger charge is -2.36. The van der Waals surface area contributed by atoms with Crippen LogP contribution in [0.3, 0.4) is 0 Å². The minimum Gasteiger partial charge on any atom is -0.314 e. The molecule has 0 radical (unpaired) electrons. The van der Waals surface area contributed by atoms with Crippen molar-refractivity contribution in [2.45, 2.75) is 83.7 Å². The van der Waals surface area contributed by atoms with Gasteiger partial charge in [-0.15, -0.1) is 0 Å². The Balaban J connectivity index is 1.73. The number of nitrogens with one attached hydrogen (secondary N) is 1. The lowest BCUT2D eigenvalue weighted by atomic mass is 9.90. The molecule has 2 heteroatoms. The molecule has 1 saturated carbocycles. The zero-order valence-electron chi connectivity index (χ0n) is 13.2. The lowest BCUT2D eigenvalue weighted by molar-refractivity contribution is 0.147. The van der Waals surface area contributed by atoms with E-state index in [-0.39, 0.29) is 0 Å². The third kappa shape index (κ3) is 4.75. The summed E-state index contributed by atoms with van der Waals surface area (Å²) in [7, 11) is 0. The van der Waals surface area contributed by atoms with Crippen LogP contribution in [0.5, 0.6) is 0 Å². The van der Waals surface area contributed by atoms with E-state index >= 15 is 0 Å². The summed E-state index contributed by atoms with van der Waals surface area (Å²) >= 11 is 0. The highest BCUT2D eigenvalue weighted by atomic mass is 15.2. The van der Waals surface area contributed by atoms with Gasteiger partial charge >= 0.3 is 0 Å². The van der Waals surface area contributed by atoms with Gasteiger partial charge in [0.15, 0.2) is 0 Å². The lowest BCUT2D eigenvalue weighted by Crippen LogP contribution is -2.42. The van der Waals surface area contributed by atoms with Crippen LogP contribution >= 0.6 is 0 Å². The van der Waals surface area contributed by atoms with Gasteiger partial charge in [0.05, 0.1) is 0 Å². The highest BCUT2D eigenvalue weighted by Crippen LogP contribution is 2.28. The number of likely N-dealkylation sites (tertiary alicyclic amines) is 1. The Bertz CT molecular complexity index is 233. The second-order valence-electron chi connectivity index (χ2n) is 6.68. The number of hydrogen-bond donors (Lipinski definition) is 1. The molecule has 2 fully saturated rings. The highest BCUT2D eigenvalue weighted by molar-refractivity contribution is 4.84. The van der Waals surface area contributed by atoms with Gasteiger partial charge in [-0.2, -0.15) is 0 Å². The Kier molecular flexibility index (Phi) is 6.66. The first-order chi connectivity index (χ1) is 9.33. The minimum atomic E-state index is 0.807. The van der Waals surface area contributed by atoms with Crippen molar-refractivity contribution in [2.75, 3.05) is 19.6 Å². The molecule has 0 aromatic rings. The van der Waals surface area contributed by atoms with Crippen LogP contribution in [0.2, 0.25) is 0 Å². The van der Waals surface area contributed by atoms with Crippen molar-refractivity contribution < 1.29 is 0 Å². The van der Waals surface area contributed by atoms with E-state index in [1.54, 1.807) is 0 Å². The maximum Gasteiger partial charge on any atom is 0.00964 e. The fourth-order valence-electron chi connectivity index (χ4n) is 4.18. The molecule has 1 unspecified atom stereocenters. The van der Waals surface area contributed by atoms with Crippen molar-refractivity contribution in [3.05, 3.63) is 0 Å².